The number of carbonyl (C=O) groups is 2. The molecule has 19 heavy (non-hydrogen) atoms. The number of amides is 1. The number of hydrogen-bond acceptors (Lipinski definition) is 6. The minimum absolute atomic E-state index is 0.0453. The molecule has 1 aliphatic heterocycles. The number of nitrogens with two attached hydrogens (primary N) is 2. The molecule has 0 spiro atoms. The Morgan fingerprint density at radius 2 is 2.26 bits per heavy atom. The van der Waals surface area contributed by atoms with Crippen molar-refractivity contribution in [2.24, 2.45) is 16.5 Å². The molecule has 1 fully saturated rings. The summed E-state index contributed by atoms with van der Waals surface area (Å²) in [5.41, 5.74) is 11.1. The van der Waals surface area contributed by atoms with Crippen molar-refractivity contribution in [3.8, 4) is 0 Å². The van der Waals surface area contributed by atoms with Crippen molar-refractivity contribution in [2.45, 2.75) is 13.0 Å². The summed E-state index contributed by atoms with van der Waals surface area (Å²) < 4.78 is 14.0. The Hall–Kier alpha value is -1.87. The molecule has 0 aromatic rings. The van der Waals surface area contributed by atoms with Crippen molar-refractivity contribution in [3.63, 3.8) is 0 Å². The third-order valence-electron chi connectivity index (χ3n) is 2.36. The third kappa shape index (κ3) is 5.10. The number of hydrogen-bond donors (Lipinski definition) is 2. The number of nitrogens with zero attached hydrogens (tertiary/aromatic N) is 2. The number of guanidine groups is 1. The summed E-state index contributed by atoms with van der Waals surface area (Å²) in [4.78, 5) is 27.2. The molecule has 1 amide bonds. The van der Waals surface area contributed by atoms with E-state index in [0.29, 0.717) is 26.2 Å². The molecule has 0 saturated carbocycles. The lowest BCUT2D eigenvalue weighted by Crippen LogP contribution is -2.50. The Balaban J connectivity index is 2.50. The van der Waals surface area contributed by atoms with Crippen LogP contribution in [0.4, 0.5) is 9.59 Å². The van der Waals surface area contributed by atoms with E-state index in [4.69, 9.17) is 16.2 Å². The molecule has 9 heteroatoms. The summed E-state index contributed by atoms with van der Waals surface area (Å²) in [5, 5.41) is 0. The van der Waals surface area contributed by atoms with Crippen LogP contribution < -0.4 is 11.5 Å². The van der Waals surface area contributed by atoms with Gasteiger partial charge in [0.25, 0.3) is 0 Å². The molecule has 108 valence electrons. The summed E-state index contributed by atoms with van der Waals surface area (Å²) in [6.45, 7) is 3.39. The molecule has 1 unspecified atom stereocenters. The Labute approximate surface area is 110 Å². The van der Waals surface area contributed by atoms with Gasteiger partial charge in [0.15, 0.2) is 0 Å². The summed E-state index contributed by atoms with van der Waals surface area (Å²) in [6, 6.07) is 0. The van der Waals surface area contributed by atoms with Gasteiger partial charge in [-0.05, 0) is 6.92 Å². The van der Waals surface area contributed by atoms with Crippen LogP contribution in [0.5, 0.6) is 0 Å². The van der Waals surface area contributed by atoms with Gasteiger partial charge in [0.2, 0.25) is 5.96 Å². The van der Waals surface area contributed by atoms with Crippen LogP contribution in [0.1, 0.15) is 6.92 Å². The highest BCUT2D eigenvalue weighted by molar-refractivity contribution is 5.92. The first-order chi connectivity index (χ1) is 9.06. The monoisotopic (exact) mass is 274 g/mol. The van der Waals surface area contributed by atoms with Gasteiger partial charge in [-0.3, -0.25) is 0 Å². The maximum absolute atomic E-state index is 11.3. The molecule has 9 nitrogen and oxygen atoms in total. The van der Waals surface area contributed by atoms with Crippen LogP contribution in [-0.4, -0.2) is 62.1 Å². The second-order valence-corrected chi connectivity index (χ2v) is 3.70. The normalized spacial score (nSPS) is 20.0. The molecule has 1 aliphatic rings. The standard InChI is InChI=1S/C10H18N4O5/c1-2-17-10(16)19-9(15)13-8(12)14-3-4-18-7(5-11)6-14/h7H,2-6,11H2,1H3,(H2,12,13,15). The second-order valence-electron chi connectivity index (χ2n) is 3.70. The number of rotatable bonds is 2. The molecule has 1 atom stereocenters. The molecule has 1 heterocycles. The van der Waals surface area contributed by atoms with Crippen LogP contribution >= 0.6 is 0 Å². The van der Waals surface area contributed by atoms with Crippen molar-refractivity contribution < 1.29 is 23.8 Å². The zero-order chi connectivity index (χ0) is 14.3. The second kappa shape index (κ2) is 7.54. The summed E-state index contributed by atoms with van der Waals surface area (Å²) in [5.74, 6) is -0.0453. The van der Waals surface area contributed by atoms with E-state index < -0.39 is 12.2 Å². The minimum Gasteiger partial charge on any atom is -0.434 e. The van der Waals surface area contributed by atoms with E-state index in [2.05, 4.69) is 14.5 Å². The highest BCUT2D eigenvalue weighted by Gasteiger charge is 2.21. The number of aliphatic imine (C=N–C) groups is 1. The minimum atomic E-state index is -1.12. The van der Waals surface area contributed by atoms with E-state index in [-0.39, 0.29) is 18.7 Å². The van der Waals surface area contributed by atoms with Gasteiger partial charge in [0.1, 0.15) is 0 Å². The molecule has 0 aliphatic carbocycles. The fourth-order valence-electron chi connectivity index (χ4n) is 1.48. The molecule has 1 saturated heterocycles. The van der Waals surface area contributed by atoms with Crippen LogP contribution in [0.2, 0.25) is 0 Å². The largest absolute Gasteiger partial charge is 0.517 e. The first-order valence-electron chi connectivity index (χ1n) is 5.86. The predicted molar refractivity (Wildman–Crippen MR) is 65.5 cm³/mol. The van der Waals surface area contributed by atoms with Crippen molar-refractivity contribution in [2.75, 3.05) is 32.8 Å². The van der Waals surface area contributed by atoms with Crippen LogP contribution in [0, 0.1) is 0 Å². The molecular weight excluding hydrogens is 256 g/mol. The first-order valence-corrected chi connectivity index (χ1v) is 5.86. The highest BCUT2D eigenvalue weighted by atomic mass is 16.7. The van der Waals surface area contributed by atoms with Crippen LogP contribution in [0.3, 0.4) is 0 Å². The Morgan fingerprint density at radius 3 is 2.89 bits per heavy atom. The van der Waals surface area contributed by atoms with Gasteiger partial charge in [0, 0.05) is 19.6 Å². The lowest BCUT2D eigenvalue weighted by molar-refractivity contribution is -0.000306. The van der Waals surface area contributed by atoms with Gasteiger partial charge < -0.3 is 30.6 Å². The molecular formula is C10H18N4O5. The zero-order valence-corrected chi connectivity index (χ0v) is 10.7. The lowest BCUT2D eigenvalue weighted by atomic mass is 10.3. The Kier molecular flexibility index (Phi) is 6.03. The maximum atomic E-state index is 11.3. The topological polar surface area (TPSA) is 129 Å². The van der Waals surface area contributed by atoms with Crippen molar-refractivity contribution in [3.05, 3.63) is 0 Å². The number of carbonyl (C=O) groups excluding carboxylic acids is 2. The van der Waals surface area contributed by atoms with E-state index in [0.717, 1.165) is 0 Å². The van der Waals surface area contributed by atoms with E-state index in [9.17, 15) is 9.59 Å². The summed E-state index contributed by atoms with van der Waals surface area (Å²) >= 11 is 0. The molecule has 1 rings (SSSR count). The number of ether oxygens (including phenoxy) is 3. The maximum Gasteiger partial charge on any atom is 0.517 e. The summed E-state index contributed by atoms with van der Waals surface area (Å²) in [6.07, 6.45) is -2.39. The van der Waals surface area contributed by atoms with E-state index >= 15 is 0 Å². The molecule has 0 radical (unpaired) electrons. The smallest absolute Gasteiger partial charge is 0.434 e. The van der Waals surface area contributed by atoms with Gasteiger partial charge in [-0.25, -0.2) is 9.59 Å². The molecule has 0 aromatic heterocycles. The average molecular weight is 274 g/mol. The predicted octanol–water partition coefficient (Wildman–Crippen LogP) is -0.746. The summed E-state index contributed by atoms with van der Waals surface area (Å²) in [7, 11) is 0. The van der Waals surface area contributed by atoms with Gasteiger partial charge in [-0.15, -0.1) is 4.99 Å². The Bertz CT molecular complexity index is 360. The average Bonchev–Trinajstić information content (AvgIpc) is 2.38. The highest BCUT2D eigenvalue weighted by Crippen LogP contribution is 2.04. The van der Waals surface area contributed by atoms with Crippen molar-refractivity contribution in [1.29, 1.82) is 0 Å². The van der Waals surface area contributed by atoms with E-state index in [1.54, 1.807) is 11.8 Å². The molecule has 0 aromatic carbocycles. The Morgan fingerprint density at radius 1 is 1.53 bits per heavy atom. The van der Waals surface area contributed by atoms with Gasteiger partial charge >= 0.3 is 12.2 Å². The van der Waals surface area contributed by atoms with Gasteiger partial charge in [-0.1, -0.05) is 0 Å². The van der Waals surface area contributed by atoms with E-state index in [1.165, 1.54) is 0 Å². The van der Waals surface area contributed by atoms with Gasteiger partial charge in [0.05, 0.1) is 19.3 Å². The fraction of sp³-hybridized carbons (Fsp3) is 0.700. The first kappa shape index (κ1) is 15.2. The lowest BCUT2D eigenvalue weighted by Gasteiger charge is -2.32. The fourth-order valence-corrected chi connectivity index (χ4v) is 1.48. The number of morpholine rings is 1. The van der Waals surface area contributed by atoms with Crippen LogP contribution in [0.15, 0.2) is 4.99 Å². The van der Waals surface area contributed by atoms with Crippen molar-refractivity contribution >= 4 is 18.2 Å². The van der Waals surface area contributed by atoms with Gasteiger partial charge in [-0.2, -0.15) is 0 Å². The SMILES string of the molecule is CCOC(=O)OC(=O)N=C(N)N1CCOC(CN)C1. The van der Waals surface area contributed by atoms with Crippen molar-refractivity contribution in [1.82, 2.24) is 4.90 Å². The molecule has 0 bridgehead atoms. The van der Waals surface area contributed by atoms with Crippen LogP contribution in [0.25, 0.3) is 0 Å². The zero-order valence-electron chi connectivity index (χ0n) is 10.7. The molecule has 4 N–H and O–H groups in total. The quantitative estimate of drug-likeness (QED) is 0.291. The van der Waals surface area contributed by atoms with Crippen LogP contribution in [-0.2, 0) is 14.2 Å². The third-order valence-corrected chi connectivity index (χ3v) is 2.36. The van der Waals surface area contributed by atoms with E-state index in [1.807, 2.05) is 0 Å².